The molecule has 1 amide bonds. The molecule has 18 heavy (non-hydrogen) atoms. The molecule has 2 heterocycles. The van der Waals surface area contributed by atoms with Crippen molar-refractivity contribution in [2.24, 2.45) is 5.92 Å². The summed E-state index contributed by atoms with van der Waals surface area (Å²) in [5.74, 6) is 0.452. The molecule has 2 bridgehead atoms. The first-order chi connectivity index (χ1) is 8.81. The predicted molar refractivity (Wildman–Crippen MR) is 71.4 cm³/mol. The monoisotopic (exact) mass is 254 g/mol. The van der Waals surface area contributed by atoms with Crippen molar-refractivity contribution in [1.82, 2.24) is 10.6 Å². The normalized spacial score (nSPS) is 29.7. The van der Waals surface area contributed by atoms with Gasteiger partial charge in [-0.2, -0.15) is 0 Å². The van der Waals surface area contributed by atoms with Crippen LogP contribution in [-0.2, 0) is 9.53 Å². The first-order valence-corrected chi connectivity index (χ1v) is 7.42. The van der Waals surface area contributed by atoms with Gasteiger partial charge in [-0.1, -0.05) is 13.3 Å². The van der Waals surface area contributed by atoms with E-state index in [0.29, 0.717) is 12.1 Å². The van der Waals surface area contributed by atoms with E-state index in [9.17, 15) is 4.79 Å². The third kappa shape index (κ3) is 3.69. The number of ether oxygens (including phenoxy) is 1. The van der Waals surface area contributed by atoms with E-state index in [-0.39, 0.29) is 11.8 Å². The van der Waals surface area contributed by atoms with Crippen molar-refractivity contribution in [3.8, 4) is 0 Å². The van der Waals surface area contributed by atoms with Crippen LogP contribution < -0.4 is 10.6 Å². The number of hydrogen-bond acceptors (Lipinski definition) is 3. The Kier molecular flexibility index (Phi) is 5.45. The smallest absolute Gasteiger partial charge is 0.224 e. The third-order valence-electron chi connectivity index (χ3n) is 4.04. The molecule has 2 fully saturated rings. The number of amides is 1. The van der Waals surface area contributed by atoms with Crippen LogP contribution in [0.4, 0.5) is 0 Å². The van der Waals surface area contributed by atoms with Gasteiger partial charge in [0, 0.05) is 31.8 Å². The first-order valence-electron chi connectivity index (χ1n) is 7.42. The molecule has 0 saturated carbocycles. The summed E-state index contributed by atoms with van der Waals surface area (Å²) in [6.45, 7) is 4.52. The Morgan fingerprint density at radius 2 is 2.17 bits per heavy atom. The summed E-state index contributed by atoms with van der Waals surface area (Å²) >= 11 is 0. The topological polar surface area (TPSA) is 50.4 Å². The van der Waals surface area contributed by atoms with E-state index in [1.165, 1.54) is 19.3 Å². The Bertz CT molecular complexity index is 271. The highest BCUT2D eigenvalue weighted by molar-refractivity contribution is 5.80. The molecule has 0 spiro atoms. The van der Waals surface area contributed by atoms with E-state index < -0.39 is 0 Å². The molecule has 0 aromatic carbocycles. The summed E-state index contributed by atoms with van der Waals surface area (Å²) in [4.78, 5) is 12.0. The number of rotatable bonds is 8. The van der Waals surface area contributed by atoms with Crippen molar-refractivity contribution in [2.45, 2.75) is 57.5 Å². The number of carbonyl (C=O) groups excluding carboxylic acids is 1. The SMILES string of the molecule is CCCCOCCCNC(=O)C1CC2CCC1N2. The van der Waals surface area contributed by atoms with E-state index in [2.05, 4.69) is 17.6 Å². The molecule has 104 valence electrons. The number of carbonyl (C=O) groups is 1. The Morgan fingerprint density at radius 1 is 1.33 bits per heavy atom. The molecule has 0 aromatic rings. The van der Waals surface area contributed by atoms with Gasteiger partial charge in [0.2, 0.25) is 5.91 Å². The van der Waals surface area contributed by atoms with Crippen LogP contribution >= 0.6 is 0 Å². The molecule has 4 heteroatoms. The molecule has 2 rings (SSSR count). The van der Waals surface area contributed by atoms with Crippen LogP contribution in [0.25, 0.3) is 0 Å². The molecule has 2 aliphatic heterocycles. The van der Waals surface area contributed by atoms with E-state index in [4.69, 9.17) is 4.74 Å². The van der Waals surface area contributed by atoms with Gasteiger partial charge in [0.05, 0.1) is 5.92 Å². The lowest BCUT2D eigenvalue weighted by Crippen LogP contribution is -2.38. The molecule has 3 unspecified atom stereocenters. The number of nitrogens with one attached hydrogen (secondary N) is 2. The molecule has 3 atom stereocenters. The first kappa shape index (κ1) is 13.8. The third-order valence-corrected chi connectivity index (χ3v) is 4.04. The predicted octanol–water partition coefficient (Wildman–Crippen LogP) is 1.45. The second kappa shape index (κ2) is 7.10. The Hall–Kier alpha value is -0.610. The lowest BCUT2D eigenvalue weighted by atomic mass is 9.88. The zero-order valence-electron chi connectivity index (χ0n) is 11.4. The lowest BCUT2D eigenvalue weighted by molar-refractivity contribution is -0.125. The van der Waals surface area contributed by atoms with Crippen LogP contribution in [0.3, 0.4) is 0 Å². The zero-order valence-corrected chi connectivity index (χ0v) is 11.4. The van der Waals surface area contributed by atoms with Crippen LogP contribution in [0.5, 0.6) is 0 Å². The van der Waals surface area contributed by atoms with Crippen LogP contribution in [0.1, 0.15) is 45.4 Å². The van der Waals surface area contributed by atoms with E-state index in [0.717, 1.165) is 39.0 Å². The average molecular weight is 254 g/mol. The van der Waals surface area contributed by atoms with Gasteiger partial charge in [-0.25, -0.2) is 0 Å². The summed E-state index contributed by atoms with van der Waals surface area (Å²) in [5.41, 5.74) is 0. The lowest BCUT2D eigenvalue weighted by Gasteiger charge is -2.19. The Balaban J connectivity index is 1.50. The van der Waals surface area contributed by atoms with Crippen molar-refractivity contribution in [3.05, 3.63) is 0 Å². The number of unbranched alkanes of at least 4 members (excludes halogenated alkanes) is 1. The van der Waals surface area contributed by atoms with Crippen LogP contribution in [0.15, 0.2) is 0 Å². The van der Waals surface area contributed by atoms with Gasteiger partial charge < -0.3 is 15.4 Å². The highest BCUT2D eigenvalue weighted by Crippen LogP contribution is 2.33. The minimum absolute atomic E-state index is 0.213. The van der Waals surface area contributed by atoms with E-state index >= 15 is 0 Å². The summed E-state index contributed by atoms with van der Waals surface area (Å²) in [6.07, 6.45) is 6.67. The van der Waals surface area contributed by atoms with Gasteiger partial charge in [-0.3, -0.25) is 4.79 Å². The number of hydrogen-bond donors (Lipinski definition) is 2. The van der Waals surface area contributed by atoms with Crippen molar-refractivity contribution in [3.63, 3.8) is 0 Å². The molecular weight excluding hydrogens is 228 g/mol. The molecule has 0 aliphatic carbocycles. The van der Waals surface area contributed by atoms with Gasteiger partial charge in [0.25, 0.3) is 0 Å². The maximum absolute atomic E-state index is 12.0. The largest absolute Gasteiger partial charge is 0.381 e. The summed E-state index contributed by atoms with van der Waals surface area (Å²) in [6, 6.07) is 1.04. The quantitative estimate of drug-likeness (QED) is 0.645. The highest BCUT2D eigenvalue weighted by Gasteiger charge is 2.42. The van der Waals surface area contributed by atoms with E-state index in [1.807, 2.05) is 0 Å². The molecule has 2 aliphatic rings. The second-order valence-electron chi connectivity index (χ2n) is 5.50. The molecule has 4 nitrogen and oxygen atoms in total. The maximum atomic E-state index is 12.0. The van der Waals surface area contributed by atoms with Crippen LogP contribution in [-0.4, -0.2) is 37.7 Å². The number of fused-ring (bicyclic) bond motifs is 2. The van der Waals surface area contributed by atoms with E-state index in [1.54, 1.807) is 0 Å². The molecular formula is C14H26N2O2. The Labute approximate surface area is 110 Å². The van der Waals surface area contributed by atoms with Gasteiger partial charge in [0.1, 0.15) is 0 Å². The zero-order chi connectivity index (χ0) is 12.8. The Morgan fingerprint density at radius 3 is 2.83 bits per heavy atom. The molecule has 2 N–H and O–H groups in total. The minimum atomic E-state index is 0.213. The van der Waals surface area contributed by atoms with Gasteiger partial charge >= 0.3 is 0 Å². The van der Waals surface area contributed by atoms with Crippen LogP contribution in [0, 0.1) is 5.92 Å². The fraction of sp³-hybridized carbons (Fsp3) is 0.929. The fourth-order valence-electron chi connectivity index (χ4n) is 2.98. The molecule has 0 aromatic heterocycles. The van der Waals surface area contributed by atoms with Gasteiger partial charge in [-0.15, -0.1) is 0 Å². The van der Waals surface area contributed by atoms with Crippen molar-refractivity contribution >= 4 is 5.91 Å². The molecule has 0 radical (unpaired) electrons. The fourth-order valence-corrected chi connectivity index (χ4v) is 2.98. The maximum Gasteiger partial charge on any atom is 0.224 e. The minimum Gasteiger partial charge on any atom is -0.381 e. The van der Waals surface area contributed by atoms with Gasteiger partial charge in [0.15, 0.2) is 0 Å². The second-order valence-corrected chi connectivity index (χ2v) is 5.50. The van der Waals surface area contributed by atoms with Gasteiger partial charge in [-0.05, 0) is 32.1 Å². The highest BCUT2D eigenvalue weighted by atomic mass is 16.5. The summed E-state index contributed by atoms with van der Waals surface area (Å²) < 4.78 is 5.47. The van der Waals surface area contributed by atoms with Crippen LogP contribution in [0.2, 0.25) is 0 Å². The summed E-state index contributed by atoms with van der Waals surface area (Å²) in [5, 5.41) is 6.54. The van der Waals surface area contributed by atoms with Crippen molar-refractivity contribution in [1.29, 1.82) is 0 Å². The summed E-state index contributed by atoms with van der Waals surface area (Å²) in [7, 11) is 0. The standard InChI is InChI=1S/C14H26N2O2/c1-2-3-8-18-9-4-7-15-14(17)12-10-11-5-6-13(12)16-11/h11-13,16H,2-10H2,1H3,(H,15,17). The van der Waals surface area contributed by atoms with Crippen molar-refractivity contribution < 1.29 is 9.53 Å². The molecule has 2 saturated heterocycles. The van der Waals surface area contributed by atoms with Crippen molar-refractivity contribution in [2.75, 3.05) is 19.8 Å². The average Bonchev–Trinajstić information content (AvgIpc) is 2.99.